The van der Waals surface area contributed by atoms with Crippen molar-refractivity contribution < 1.29 is 19.4 Å². The van der Waals surface area contributed by atoms with E-state index in [4.69, 9.17) is 0 Å². The number of carbonyl (C=O) groups excluding carboxylic acids is 2. The lowest BCUT2D eigenvalue weighted by Gasteiger charge is -2.02. The maximum atomic E-state index is 11.6. The van der Waals surface area contributed by atoms with Gasteiger partial charge in [0.2, 0.25) is 0 Å². The summed E-state index contributed by atoms with van der Waals surface area (Å²) in [5.74, 6) is -0.0366. The minimum atomic E-state index is -0.417. The van der Waals surface area contributed by atoms with Crippen LogP contribution in [0.2, 0.25) is 0 Å². The quantitative estimate of drug-likeness (QED) is 0.226. The second-order valence-electron chi connectivity index (χ2n) is 5.76. The second-order valence-corrected chi connectivity index (χ2v) is 5.76. The molecule has 0 fully saturated rings. The first-order valence-electron chi connectivity index (χ1n) is 8.72. The number of allylic oxidation sites excluding steroid dienone is 3. The van der Waals surface area contributed by atoms with Crippen LogP contribution >= 0.6 is 0 Å². The number of methoxy groups -OCH3 is 1. The number of aliphatic hydroxyl groups is 1. The Labute approximate surface area is 140 Å². The highest BCUT2D eigenvalue weighted by molar-refractivity contribution is 5.89. The van der Waals surface area contributed by atoms with E-state index in [1.807, 2.05) is 0 Å². The Morgan fingerprint density at radius 3 is 2.30 bits per heavy atom. The molecule has 0 unspecified atom stereocenters. The van der Waals surface area contributed by atoms with E-state index in [0.717, 1.165) is 51.4 Å². The fraction of sp³-hybridized carbons (Fsp3) is 0.684. The molecule has 23 heavy (non-hydrogen) atoms. The Bertz CT molecular complexity index is 372. The molecule has 4 nitrogen and oxygen atoms in total. The van der Waals surface area contributed by atoms with Crippen molar-refractivity contribution in [1.82, 2.24) is 0 Å². The molecule has 0 heterocycles. The highest BCUT2D eigenvalue weighted by Crippen LogP contribution is 2.08. The number of rotatable bonds is 14. The number of unbranched alkanes of at least 4 members (excludes halogenated alkanes) is 5. The summed E-state index contributed by atoms with van der Waals surface area (Å²) in [5.41, 5.74) is 0. The molecule has 1 atom stereocenters. The first kappa shape index (κ1) is 21.6. The number of ether oxygens (including phenoxy) is 1. The van der Waals surface area contributed by atoms with Crippen LogP contribution in [0.1, 0.15) is 71.1 Å². The summed E-state index contributed by atoms with van der Waals surface area (Å²) in [4.78, 5) is 22.5. The Morgan fingerprint density at radius 2 is 1.65 bits per heavy atom. The third kappa shape index (κ3) is 15.3. The molecule has 132 valence electrons. The summed E-state index contributed by atoms with van der Waals surface area (Å²) in [6.45, 7) is 2.09. The maximum absolute atomic E-state index is 11.6. The molecule has 0 aromatic rings. The van der Waals surface area contributed by atoms with Crippen molar-refractivity contribution in [1.29, 1.82) is 0 Å². The normalized spacial score (nSPS) is 12.8. The zero-order valence-electron chi connectivity index (χ0n) is 14.6. The molecule has 0 aliphatic rings. The van der Waals surface area contributed by atoms with Crippen molar-refractivity contribution in [2.45, 2.75) is 77.2 Å². The minimum Gasteiger partial charge on any atom is -0.469 e. The monoisotopic (exact) mass is 324 g/mol. The summed E-state index contributed by atoms with van der Waals surface area (Å²) in [5, 5.41) is 9.61. The Morgan fingerprint density at radius 1 is 1.00 bits per heavy atom. The zero-order chi connectivity index (χ0) is 17.3. The van der Waals surface area contributed by atoms with Gasteiger partial charge in [-0.3, -0.25) is 9.59 Å². The molecule has 0 amide bonds. The minimum absolute atomic E-state index is 0.118. The van der Waals surface area contributed by atoms with Crippen LogP contribution in [0, 0.1) is 0 Å². The lowest BCUT2D eigenvalue weighted by atomic mass is 10.1. The van der Waals surface area contributed by atoms with Crippen LogP contribution in [-0.2, 0) is 14.3 Å². The van der Waals surface area contributed by atoms with Gasteiger partial charge >= 0.3 is 5.97 Å². The van der Waals surface area contributed by atoms with E-state index in [2.05, 4.69) is 11.7 Å². The topological polar surface area (TPSA) is 63.6 Å². The molecule has 0 aliphatic heterocycles. The summed E-state index contributed by atoms with van der Waals surface area (Å²) in [6, 6.07) is 0. The SMILES string of the molecule is CCCC[C@H](O)/C=C/C=C/C(=O)CCCCCCCC(=O)OC. The van der Waals surface area contributed by atoms with Gasteiger partial charge in [0.25, 0.3) is 0 Å². The van der Waals surface area contributed by atoms with E-state index in [9.17, 15) is 14.7 Å². The number of esters is 1. The van der Waals surface area contributed by atoms with Crippen molar-refractivity contribution in [2.75, 3.05) is 7.11 Å². The Kier molecular flexibility index (Phi) is 14.5. The van der Waals surface area contributed by atoms with Gasteiger partial charge in [0.05, 0.1) is 13.2 Å². The molecule has 0 aromatic carbocycles. The number of hydrogen-bond donors (Lipinski definition) is 1. The van der Waals surface area contributed by atoms with E-state index in [0.29, 0.717) is 12.8 Å². The van der Waals surface area contributed by atoms with Gasteiger partial charge in [-0.1, -0.05) is 57.3 Å². The van der Waals surface area contributed by atoms with Gasteiger partial charge in [-0.05, 0) is 25.3 Å². The Hall–Kier alpha value is -1.42. The van der Waals surface area contributed by atoms with E-state index >= 15 is 0 Å². The van der Waals surface area contributed by atoms with E-state index in [1.165, 1.54) is 7.11 Å². The third-order valence-corrected chi connectivity index (χ3v) is 3.61. The summed E-state index contributed by atoms with van der Waals surface area (Å²) in [7, 11) is 1.41. The maximum Gasteiger partial charge on any atom is 0.305 e. The van der Waals surface area contributed by atoms with Crippen LogP contribution < -0.4 is 0 Å². The van der Waals surface area contributed by atoms with Crippen molar-refractivity contribution in [2.24, 2.45) is 0 Å². The zero-order valence-corrected chi connectivity index (χ0v) is 14.6. The molecule has 1 N–H and O–H groups in total. The fourth-order valence-electron chi connectivity index (χ4n) is 2.15. The molecule has 0 bridgehead atoms. The Balaban J connectivity index is 3.57. The number of ketones is 1. The van der Waals surface area contributed by atoms with E-state index in [1.54, 1.807) is 24.3 Å². The average molecular weight is 324 g/mol. The van der Waals surface area contributed by atoms with Gasteiger partial charge < -0.3 is 9.84 Å². The highest BCUT2D eigenvalue weighted by Gasteiger charge is 2.00. The second kappa shape index (κ2) is 15.5. The highest BCUT2D eigenvalue weighted by atomic mass is 16.5. The number of hydrogen-bond acceptors (Lipinski definition) is 4. The number of carbonyl (C=O) groups is 2. The standard InChI is InChI=1S/C19H32O4/c1-3-4-12-17(20)14-10-11-15-18(21)13-8-6-5-7-9-16-19(22)23-2/h10-11,14-15,17,20H,3-9,12-13,16H2,1-2H3/b14-10+,15-11+/t17-/m0/s1. The smallest absolute Gasteiger partial charge is 0.305 e. The molecule has 0 saturated carbocycles. The molecule has 0 spiro atoms. The third-order valence-electron chi connectivity index (χ3n) is 3.61. The van der Waals surface area contributed by atoms with Gasteiger partial charge in [-0.2, -0.15) is 0 Å². The van der Waals surface area contributed by atoms with Gasteiger partial charge in [0.15, 0.2) is 5.78 Å². The van der Waals surface area contributed by atoms with Crippen molar-refractivity contribution in [3.63, 3.8) is 0 Å². The van der Waals surface area contributed by atoms with Gasteiger partial charge in [-0.15, -0.1) is 0 Å². The molecule has 0 radical (unpaired) electrons. The van der Waals surface area contributed by atoms with Crippen LogP contribution in [0.4, 0.5) is 0 Å². The van der Waals surface area contributed by atoms with Crippen LogP contribution in [-0.4, -0.2) is 30.1 Å². The van der Waals surface area contributed by atoms with E-state index < -0.39 is 6.10 Å². The van der Waals surface area contributed by atoms with E-state index in [-0.39, 0.29) is 11.8 Å². The first-order chi connectivity index (χ1) is 11.1. The molecule has 4 heteroatoms. The van der Waals surface area contributed by atoms with Gasteiger partial charge in [-0.25, -0.2) is 0 Å². The van der Waals surface area contributed by atoms with Crippen LogP contribution in [0.3, 0.4) is 0 Å². The largest absolute Gasteiger partial charge is 0.469 e. The molecule has 0 aliphatic carbocycles. The lowest BCUT2D eigenvalue weighted by Crippen LogP contribution is -2.00. The van der Waals surface area contributed by atoms with Crippen molar-refractivity contribution in [3.8, 4) is 0 Å². The number of aliphatic hydroxyl groups excluding tert-OH is 1. The average Bonchev–Trinajstić information content (AvgIpc) is 2.55. The van der Waals surface area contributed by atoms with Gasteiger partial charge in [0.1, 0.15) is 0 Å². The molecule has 0 rings (SSSR count). The van der Waals surface area contributed by atoms with Crippen LogP contribution in [0.25, 0.3) is 0 Å². The van der Waals surface area contributed by atoms with Crippen molar-refractivity contribution in [3.05, 3.63) is 24.3 Å². The van der Waals surface area contributed by atoms with Crippen molar-refractivity contribution >= 4 is 11.8 Å². The molecule has 0 saturated heterocycles. The molecular weight excluding hydrogens is 292 g/mol. The predicted octanol–water partition coefficient (Wildman–Crippen LogP) is 4.12. The molecular formula is C19H32O4. The lowest BCUT2D eigenvalue weighted by molar-refractivity contribution is -0.140. The summed E-state index contributed by atoms with van der Waals surface area (Å²) < 4.78 is 4.58. The van der Waals surface area contributed by atoms with Gasteiger partial charge in [0, 0.05) is 12.8 Å². The van der Waals surface area contributed by atoms with Crippen LogP contribution in [0.5, 0.6) is 0 Å². The van der Waals surface area contributed by atoms with Crippen LogP contribution in [0.15, 0.2) is 24.3 Å². The molecule has 0 aromatic heterocycles. The summed E-state index contributed by atoms with van der Waals surface area (Å²) >= 11 is 0. The first-order valence-corrected chi connectivity index (χ1v) is 8.72. The summed E-state index contributed by atoms with van der Waals surface area (Å²) in [6.07, 6.45) is 15.0. The fourth-order valence-corrected chi connectivity index (χ4v) is 2.15. The predicted molar refractivity (Wildman–Crippen MR) is 93.2 cm³/mol.